The summed E-state index contributed by atoms with van der Waals surface area (Å²) < 4.78 is 12.2. The summed E-state index contributed by atoms with van der Waals surface area (Å²) in [5.41, 5.74) is 0. The molecule has 136 valence electrons. The van der Waals surface area contributed by atoms with E-state index >= 15 is 0 Å². The highest BCUT2D eigenvalue weighted by Gasteiger charge is 2.19. The number of nitrogens with one attached hydrogen (secondary N) is 2. The van der Waals surface area contributed by atoms with E-state index < -0.39 is 10.8 Å². The van der Waals surface area contributed by atoms with Crippen molar-refractivity contribution >= 4 is 40.7 Å². The molecule has 1 aromatic carbocycles. The molecule has 0 heterocycles. The lowest BCUT2D eigenvalue weighted by Crippen LogP contribution is -2.45. The van der Waals surface area contributed by atoms with Gasteiger partial charge in [-0.05, 0) is 37.8 Å². The molecule has 1 aliphatic carbocycles. The molecule has 4 nitrogen and oxygen atoms in total. The molecule has 0 bridgehead atoms. The van der Waals surface area contributed by atoms with Crippen molar-refractivity contribution in [3.05, 3.63) is 30.3 Å². The maximum absolute atomic E-state index is 12.2. The van der Waals surface area contributed by atoms with E-state index in [9.17, 15) is 4.21 Å². The first kappa shape index (κ1) is 21.4. The van der Waals surface area contributed by atoms with E-state index in [0.717, 1.165) is 23.3 Å². The molecular formula is C18H30IN3OS. The van der Waals surface area contributed by atoms with Crippen LogP contribution in [-0.2, 0) is 10.8 Å². The maximum Gasteiger partial charge on any atom is 0.191 e. The van der Waals surface area contributed by atoms with E-state index in [1.165, 1.54) is 25.7 Å². The Bertz CT molecular complexity index is 524. The van der Waals surface area contributed by atoms with Crippen LogP contribution in [0.5, 0.6) is 0 Å². The predicted molar refractivity (Wildman–Crippen MR) is 114 cm³/mol. The summed E-state index contributed by atoms with van der Waals surface area (Å²) in [6.07, 6.45) is 5.04. The van der Waals surface area contributed by atoms with Gasteiger partial charge in [-0.15, -0.1) is 24.0 Å². The van der Waals surface area contributed by atoms with Gasteiger partial charge >= 0.3 is 0 Å². The van der Waals surface area contributed by atoms with E-state index in [1.54, 1.807) is 0 Å². The van der Waals surface area contributed by atoms with Crippen molar-refractivity contribution in [2.75, 3.05) is 18.8 Å². The monoisotopic (exact) mass is 463 g/mol. The van der Waals surface area contributed by atoms with E-state index in [1.807, 2.05) is 30.3 Å². The lowest BCUT2D eigenvalue weighted by Gasteiger charge is -2.28. The van der Waals surface area contributed by atoms with Gasteiger partial charge in [-0.25, -0.2) is 0 Å². The van der Waals surface area contributed by atoms with Crippen molar-refractivity contribution in [2.45, 2.75) is 50.5 Å². The van der Waals surface area contributed by atoms with Crippen LogP contribution < -0.4 is 10.6 Å². The highest BCUT2D eigenvalue weighted by molar-refractivity contribution is 14.0. The van der Waals surface area contributed by atoms with Crippen molar-refractivity contribution in [1.29, 1.82) is 0 Å². The van der Waals surface area contributed by atoms with E-state index in [2.05, 4.69) is 29.5 Å². The van der Waals surface area contributed by atoms with Crippen molar-refractivity contribution < 1.29 is 4.21 Å². The van der Waals surface area contributed by atoms with Gasteiger partial charge in [0.05, 0.1) is 17.3 Å². The topological polar surface area (TPSA) is 53.5 Å². The second-order valence-corrected chi connectivity index (χ2v) is 7.81. The molecule has 2 rings (SSSR count). The molecule has 0 aliphatic heterocycles. The summed E-state index contributed by atoms with van der Waals surface area (Å²) in [6.45, 7) is 5.80. The number of rotatable bonds is 6. The van der Waals surface area contributed by atoms with Gasteiger partial charge in [0, 0.05) is 23.2 Å². The van der Waals surface area contributed by atoms with Crippen molar-refractivity contribution in [3.63, 3.8) is 0 Å². The smallest absolute Gasteiger partial charge is 0.191 e. The molecule has 3 atom stereocenters. The van der Waals surface area contributed by atoms with Gasteiger partial charge in [-0.3, -0.25) is 9.20 Å². The van der Waals surface area contributed by atoms with Gasteiger partial charge in [0.25, 0.3) is 0 Å². The second kappa shape index (κ2) is 11.8. The Labute approximate surface area is 165 Å². The summed E-state index contributed by atoms with van der Waals surface area (Å²) in [5, 5.41) is 6.84. The van der Waals surface area contributed by atoms with Gasteiger partial charge in [0.2, 0.25) is 0 Å². The summed E-state index contributed by atoms with van der Waals surface area (Å²) >= 11 is 0. The zero-order valence-electron chi connectivity index (χ0n) is 14.7. The third kappa shape index (κ3) is 7.51. The van der Waals surface area contributed by atoms with Crippen LogP contribution in [0.3, 0.4) is 0 Å². The Morgan fingerprint density at radius 1 is 1.29 bits per heavy atom. The largest absolute Gasteiger partial charge is 0.357 e. The standard InChI is InChI=1S/C18H29N3OS.HI/c1-3-19-18(21-16-9-7-8-15(2)14-16)20-12-13-23(22)17-10-5-4-6-11-17;/h4-6,10-11,15-16H,3,7-9,12-14H2,1-2H3,(H2,19,20,21);1H. The number of hydrogen-bond donors (Lipinski definition) is 2. The lowest BCUT2D eigenvalue weighted by atomic mass is 9.87. The third-order valence-corrected chi connectivity index (χ3v) is 5.53. The highest BCUT2D eigenvalue weighted by atomic mass is 127. The van der Waals surface area contributed by atoms with Crippen LogP contribution in [0, 0.1) is 5.92 Å². The molecule has 1 saturated carbocycles. The first-order valence-corrected chi connectivity index (χ1v) is 9.99. The predicted octanol–water partition coefficient (Wildman–Crippen LogP) is 3.55. The van der Waals surface area contributed by atoms with Crippen molar-refractivity contribution in [3.8, 4) is 0 Å². The number of hydrogen-bond acceptors (Lipinski definition) is 2. The van der Waals surface area contributed by atoms with E-state index in [0.29, 0.717) is 18.3 Å². The van der Waals surface area contributed by atoms with Gasteiger partial charge in [-0.1, -0.05) is 38.0 Å². The molecule has 0 radical (unpaired) electrons. The highest BCUT2D eigenvalue weighted by Crippen LogP contribution is 2.23. The quantitative estimate of drug-likeness (QED) is 0.386. The number of guanidine groups is 1. The van der Waals surface area contributed by atoms with Crippen LogP contribution in [-0.4, -0.2) is 35.1 Å². The van der Waals surface area contributed by atoms with Gasteiger partial charge in [0.1, 0.15) is 0 Å². The molecule has 0 amide bonds. The summed E-state index contributed by atoms with van der Waals surface area (Å²) in [4.78, 5) is 5.48. The van der Waals surface area contributed by atoms with Crippen LogP contribution in [0.4, 0.5) is 0 Å². The first-order valence-electron chi connectivity index (χ1n) is 8.67. The summed E-state index contributed by atoms with van der Waals surface area (Å²) in [5.74, 6) is 2.20. The first-order chi connectivity index (χ1) is 11.2. The number of nitrogens with zero attached hydrogens (tertiary/aromatic N) is 1. The van der Waals surface area contributed by atoms with Crippen LogP contribution >= 0.6 is 24.0 Å². The number of halogens is 1. The summed E-state index contributed by atoms with van der Waals surface area (Å²) in [6, 6.07) is 10.1. The fraction of sp³-hybridized carbons (Fsp3) is 0.611. The molecule has 0 spiro atoms. The molecule has 1 fully saturated rings. The molecule has 0 aromatic heterocycles. The molecule has 2 N–H and O–H groups in total. The zero-order valence-corrected chi connectivity index (χ0v) is 17.8. The average Bonchev–Trinajstić information content (AvgIpc) is 2.56. The molecule has 6 heteroatoms. The van der Waals surface area contributed by atoms with Gasteiger partial charge in [0.15, 0.2) is 5.96 Å². The second-order valence-electron chi connectivity index (χ2n) is 6.24. The molecule has 1 aromatic rings. The Morgan fingerprint density at radius 2 is 2.04 bits per heavy atom. The number of aliphatic imine (C=N–C) groups is 1. The average molecular weight is 463 g/mol. The summed E-state index contributed by atoms with van der Waals surface area (Å²) in [7, 11) is -0.979. The van der Waals surface area contributed by atoms with Crippen molar-refractivity contribution in [1.82, 2.24) is 10.6 Å². The lowest BCUT2D eigenvalue weighted by molar-refractivity contribution is 0.324. The molecule has 0 saturated heterocycles. The molecule has 1 aliphatic rings. The SMILES string of the molecule is CCNC(=NCCS(=O)c1ccccc1)NC1CCCC(C)C1.I. The molecular weight excluding hydrogens is 433 g/mol. The number of benzene rings is 1. The fourth-order valence-corrected chi connectivity index (χ4v) is 3.96. The normalized spacial score (nSPS) is 22.3. The molecule has 24 heavy (non-hydrogen) atoms. The molecule has 3 unspecified atom stereocenters. The van der Waals surface area contributed by atoms with Gasteiger partial charge < -0.3 is 10.6 Å². The maximum atomic E-state index is 12.2. The minimum atomic E-state index is -0.979. The van der Waals surface area contributed by atoms with Crippen molar-refractivity contribution in [2.24, 2.45) is 10.9 Å². The van der Waals surface area contributed by atoms with Crippen LogP contribution in [0.2, 0.25) is 0 Å². The van der Waals surface area contributed by atoms with Crippen LogP contribution in [0.1, 0.15) is 39.5 Å². The van der Waals surface area contributed by atoms with Crippen LogP contribution in [0.25, 0.3) is 0 Å². The zero-order chi connectivity index (χ0) is 16.5. The van der Waals surface area contributed by atoms with Crippen LogP contribution in [0.15, 0.2) is 40.2 Å². The minimum absolute atomic E-state index is 0. The third-order valence-electron chi connectivity index (χ3n) is 4.17. The Morgan fingerprint density at radius 3 is 2.71 bits per heavy atom. The Balaban J connectivity index is 0.00000288. The van der Waals surface area contributed by atoms with E-state index in [4.69, 9.17) is 0 Å². The Kier molecular flexibility index (Phi) is 10.6. The minimum Gasteiger partial charge on any atom is -0.357 e. The Hall–Kier alpha value is -0.630. The fourth-order valence-electron chi connectivity index (χ4n) is 3.01. The van der Waals surface area contributed by atoms with E-state index in [-0.39, 0.29) is 24.0 Å². The van der Waals surface area contributed by atoms with Gasteiger partial charge in [-0.2, -0.15) is 0 Å².